The lowest BCUT2D eigenvalue weighted by Crippen LogP contribution is -2.44. The number of aromatic nitrogens is 1. The normalized spacial score (nSPS) is 32.5. The minimum atomic E-state index is -0.655. The lowest BCUT2D eigenvalue weighted by Gasteiger charge is -2.27. The Morgan fingerprint density at radius 3 is 3.16 bits per heavy atom. The number of rotatable bonds is 6. The van der Waals surface area contributed by atoms with Crippen molar-refractivity contribution in [3.05, 3.63) is 28.7 Å². The van der Waals surface area contributed by atoms with Crippen molar-refractivity contribution in [3.8, 4) is 0 Å². The molecule has 4 rings (SSSR count). The van der Waals surface area contributed by atoms with Crippen LogP contribution in [0.15, 0.2) is 23.7 Å². The van der Waals surface area contributed by atoms with Crippen LogP contribution >= 0.6 is 11.3 Å². The second-order valence-electron chi connectivity index (χ2n) is 6.77. The largest absolute Gasteiger partial charge is 0.383 e. The Morgan fingerprint density at radius 1 is 1.60 bits per heavy atom. The average Bonchev–Trinajstić information content (AvgIpc) is 3.35. The summed E-state index contributed by atoms with van der Waals surface area (Å²) in [6, 6.07) is 0. The van der Waals surface area contributed by atoms with E-state index in [4.69, 9.17) is 9.47 Å². The van der Waals surface area contributed by atoms with Gasteiger partial charge in [0.2, 0.25) is 11.8 Å². The summed E-state index contributed by atoms with van der Waals surface area (Å²) in [7, 11) is 3.37. The number of nitrogens with zero attached hydrogens (tertiary/aromatic N) is 3. The Bertz CT molecular complexity index is 707. The lowest BCUT2D eigenvalue weighted by atomic mass is 9.76. The number of hydrogen-bond acceptors (Lipinski definition) is 6. The minimum Gasteiger partial charge on any atom is -0.383 e. The smallest absolute Gasteiger partial charge is 0.230 e. The highest BCUT2D eigenvalue weighted by molar-refractivity contribution is 7.09. The van der Waals surface area contributed by atoms with E-state index in [1.165, 1.54) is 11.3 Å². The number of ether oxygens (including phenoxy) is 2. The van der Waals surface area contributed by atoms with Gasteiger partial charge in [-0.2, -0.15) is 0 Å². The Hall–Kier alpha value is -1.77. The molecular formula is C17H21N3O4S. The Morgan fingerprint density at radius 2 is 2.44 bits per heavy atom. The van der Waals surface area contributed by atoms with Gasteiger partial charge in [0, 0.05) is 32.3 Å². The number of fused-ring (bicyclic) bond motifs is 1. The summed E-state index contributed by atoms with van der Waals surface area (Å²) >= 11 is 1.52. The molecule has 1 aromatic heterocycles. The fourth-order valence-electron chi connectivity index (χ4n) is 4.12. The van der Waals surface area contributed by atoms with Gasteiger partial charge in [0.25, 0.3) is 0 Å². The number of hydrogen-bond donors (Lipinski definition) is 0. The summed E-state index contributed by atoms with van der Waals surface area (Å²) in [6.45, 7) is 1.94. The summed E-state index contributed by atoms with van der Waals surface area (Å²) in [5.74, 6) is -0.969. The average molecular weight is 363 g/mol. The van der Waals surface area contributed by atoms with E-state index in [0.717, 1.165) is 5.01 Å². The van der Waals surface area contributed by atoms with Crippen molar-refractivity contribution in [2.24, 2.45) is 11.8 Å². The van der Waals surface area contributed by atoms with Crippen molar-refractivity contribution < 1.29 is 19.1 Å². The SMILES string of the molecule is COCCN1C[C@]23C=C[C@H](O2)[C@H](C(=O)N(C)Cc2nccs2)[C@@H]3C1=O. The molecule has 1 spiro atoms. The molecule has 4 heterocycles. The van der Waals surface area contributed by atoms with Gasteiger partial charge in [-0.3, -0.25) is 9.59 Å². The summed E-state index contributed by atoms with van der Waals surface area (Å²) < 4.78 is 11.2. The zero-order valence-electron chi connectivity index (χ0n) is 14.3. The topological polar surface area (TPSA) is 72.0 Å². The third-order valence-corrected chi connectivity index (χ3v) is 6.03. The highest BCUT2D eigenvalue weighted by Gasteiger charge is 2.66. The molecule has 134 valence electrons. The van der Waals surface area contributed by atoms with Crippen LogP contribution in [0.1, 0.15) is 5.01 Å². The number of carbonyl (C=O) groups is 2. The first-order chi connectivity index (χ1) is 12.1. The van der Waals surface area contributed by atoms with Gasteiger partial charge in [0.1, 0.15) is 10.6 Å². The maximum absolute atomic E-state index is 13.1. The van der Waals surface area contributed by atoms with Crippen molar-refractivity contribution in [1.82, 2.24) is 14.8 Å². The number of thiazole rings is 1. The molecule has 3 aliphatic rings. The van der Waals surface area contributed by atoms with Gasteiger partial charge in [-0.1, -0.05) is 12.2 Å². The van der Waals surface area contributed by atoms with E-state index < -0.39 is 17.4 Å². The monoisotopic (exact) mass is 363 g/mol. The maximum atomic E-state index is 13.1. The van der Waals surface area contributed by atoms with Crippen LogP contribution in [0.4, 0.5) is 0 Å². The van der Waals surface area contributed by atoms with E-state index in [1.807, 2.05) is 17.5 Å². The first-order valence-electron chi connectivity index (χ1n) is 8.34. The standard InChI is InChI=1S/C17H21N3O4S/c1-19(9-12-18-5-8-25-12)15(21)13-11-3-4-17(24-11)10-20(6-7-23-2)16(22)14(13)17/h3-5,8,11,13-14H,6-7,9-10H2,1-2H3/t11-,13-,14+,17-/m0/s1. The van der Waals surface area contributed by atoms with Gasteiger partial charge in [-0.15, -0.1) is 11.3 Å². The van der Waals surface area contributed by atoms with Crippen LogP contribution < -0.4 is 0 Å². The second-order valence-corrected chi connectivity index (χ2v) is 7.75. The number of amides is 2. The Kier molecular flexibility index (Phi) is 4.13. The molecule has 2 fully saturated rings. The fraction of sp³-hybridized carbons (Fsp3) is 0.588. The highest BCUT2D eigenvalue weighted by Crippen LogP contribution is 2.52. The van der Waals surface area contributed by atoms with Crippen molar-refractivity contribution in [1.29, 1.82) is 0 Å². The predicted octanol–water partition coefficient (Wildman–Crippen LogP) is 0.530. The van der Waals surface area contributed by atoms with Crippen LogP contribution in [0, 0.1) is 11.8 Å². The molecule has 2 amide bonds. The minimum absolute atomic E-state index is 0.00935. The third-order valence-electron chi connectivity index (χ3n) is 5.26. The van der Waals surface area contributed by atoms with Crippen LogP contribution in [0.25, 0.3) is 0 Å². The molecule has 25 heavy (non-hydrogen) atoms. The molecular weight excluding hydrogens is 342 g/mol. The summed E-state index contributed by atoms with van der Waals surface area (Å²) in [5.41, 5.74) is -0.655. The van der Waals surface area contributed by atoms with Crippen molar-refractivity contribution in [2.75, 3.05) is 33.9 Å². The summed E-state index contributed by atoms with van der Waals surface area (Å²) in [4.78, 5) is 33.6. The number of likely N-dealkylation sites (tertiary alicyclic amines) is 1. The van der Waals surface area contributed by atoms with Crippen molar-refractivity contribution in [2.45, 2.75) is 18.2 Å². The molecule has 0 unspecified atom stereocenters. The van der Waals surface area contributed by atoms with Gasteiger partial charge >= 0.3 is 0 Å². The van der Waals surface area contributed by atoms with Crippen LogP contribution in [-0.2, 0) is 25.6 Å². The molecule has 2 bridgehead atoms. The van der Waals surface area contributed by atoms with E-state index in [9.17, 15) is 9.59 Å². The Balaban J connectivity index is 1.53. The molecule has 0 saturated carbocycles. The molecule has 3 aliphatic heterocycles. The molecule has 7 nitrogen and oxygen atoms in total. The molecule has 0 aromatic carbocycles. The third kappa shape index (κ3) is 2.59. The van der Waals surface area contributed by atoms with Gasteiger partial charge < -0.3 is 19.3 Å². The molecule has 2 saturated heterocycles. The summed E-state index contributed by atoms with van der Waals surface area (Å²) in [5, 5.41) is 2.77. The van der Waals surface area contributed by atoms with Crippen LogP contribution in [-0.4, -0.2) is 72.2 Å². The molecule has 4 atom stereocenters. The van der Waals surface area contributed by atoms with Gasteiger partial charge in [0.15, 0.2) is 0 Å². The fourth-order valence-corrected chi connectivity index (χ4v) is 4.79. The van der Waals surface area contributed by atoms with Crippen molar-refractivity contribution in [3.63, 3.8) is 0 Å². The molecule has 8 heteroatoms. The number of methoxy groups -OCH3 is 1. The zero-order valence-corrected chi connectivity index (χ0v) is 15.1. The molecule has 0 aliphatic carbocycles. The lowest BCUT2D eigenvalue weighted by molar-refractivity contribution is -0.142. The van der Waals surface area contributed by atoms with Crippen LogP contribution in [0.5, 0.6) is 0 Å². The van der Waals surface area contributed by atoms with E-state index in [-0.39, 0.29) is 17.9 Å². The van der Waals surface area contributed by atoms with E-state index in [1.54, 1.807) is 30.2 Å². The maximum Gasteiger partial charge on any atom is 0.230 e. The van der Waals surface area contributed by atoms with Gasteiger partial charge in [-0.05, 0) is 0 Å². The molecule has 0 N–H and O–H groups in total. The van der Waals surface area contributed by atoms with Gasteiger partial charge in [0.05, 0.1) is 37.6 Å². The molecule has 1 aromatic rings. The Labute approximate surface area is 150 Å². The quantitative estimate of drug-likeness (QED) is 0.690. The van der Waals surface area contributed by atoms with Crippen LogP contribution in [0.3, 0.4) is 0 Å². The number of carbonyl (C=O) groups excluding carboxylic acids is 2. The molecule has 0 radical (unpaired) electrons. The van der Waals surface area contributed by atoms with E-state index in [2.05, 4.69) is 4.98 Å². The zero-order chi connectivity index (χ0) is 17.6. The van der Waals surface area contributed by atoms with Crippen LogP contribution in [0.2, 0.25) is 0 Å². The first-order valence-corrected chi connectivity index (χ1v) is 9.22. The van der Waals surface area contributed by atoms with E-state index >= 15 is 0 Å². The summed E-state index contributed by atoms with van der Waals surface area (Å²) in [6.07, 6.45) is 5.32. The van der Waals surface area contributed by atoms with Gasteiger partial charge in [-0.25, -0.2) is 4.98 Å². The van der Waals surface area contributed by atoms with Crippen molar-refractivity contribution >= 4 is 23.2 Å². The van der Waals surface area contributed by atoms with E-state index in [0.29, 0.717) is 26.2 Å². The highest BCUT2D eigenvalue weighted by atomic mass is 32.1. The predicted molar refractivity (Wildman–Crippen MR) is 90.8 cm³/mol. The first kappa shape index (κ1) is 16.7. The second kappa shape index (κ2) is 6.19.